The average molecular weight is 257 g/mol. The maximum atomic E-state index is 11.7. The van der Waals surface area contributed by atoms with Gasteiger partial charge in [0.1, 0.15) is 15.7 Å². The summed E-state index contributed by atoms with van der Waals surface area (Å²) in [4.78, 5) is 15.8. The number of carbonyl (C=O) groups excluding carboxylic acids is 1. The second-order valence-electron chi connectivity index (χ2n) is 3.04. The van der Waals surface area contributed by atoms with E-state index in [9.17, 15) is 4.79 Å². The fourth-order valence-electron chi connectivity index (χ4n) is 1.37. The lowest BCUT2D eigenvalue weighted by atomic mass is 10.2. The summed E-state index contributed by atoms with van der Waals surface area (Å²) in [5.41, 5.74) is 6.59. The molecule has 6 heteroatoms. The Morgan fingerprint density at radius 3 is 3.06 bits per heavy atom. The van der Waals surface area contributed by atoms with Gasteiger partial charge in [-0.1, -0.05) is 11.6 Å². The summed E-state index contributed by atoms with van der Waals surface area (Å²) in [6.45, 7) is 2.04. The van der Waals surface area contributed by atoms with E-state index in [0.29, 0.717) is 27.8 Å². The number of carbonyl (C=O) groups is 1. The van der Waals surface area contributed by atoms with Gasteiger partial charge in [0, 0.05) is 0 Å². The van der Waals surface area contributed by atoms with Gasteiger partial charge < -0.3 is 10.5 Å². The van der Waals surface area contributed by atoms with Gasteiger partial charge in [0.2, 0.25) is 0 Å². The number of fused-ring (bicyclic) bond motifs is 1. The number of nitrogens with zero attached hydrogens (tertiary/aromatic N) is 1. The van der Waals surface area contributed by atoms with Gasteiger partial charge in [-0.15, -0.1) is 11.3 Å². The normalized spacial score (nSPS) is 10.6. The number of nitrogens with two attached hydrogens (primary N) is 1. The van der Waals surface area contributed by atoms with Gasteiger partial charge in [0.25, 0.3) is 0 Å². The molecule has 0 unspecified atom stereocenters. The molecular formula is C10H9ClN2O2S. The number of rotatable bonds is 2. The highest BCUT2D eigenvalue weighted by Gasteiger charge is 2.19. The number of anilines is 1. The zero-order chi connectivity index (χ0) is 11.7. The molecule has 2 N–H and O–H groups in total. The van der Waals surface area contributed by atoms with Gasteiger partial charge in [0.15, 0.2) is 0 Å². The van der Waals surface area contributed by atoms with E-state index in [4.69, 9.17) is 22.1 Å². The lowest BCUT2D eigenvalue weighted by molar-refractivity contribution is 0.0530. The molecule has 0 aliphatic carbocycles. The zero-order valence-electron chi connectivity index (χ0n) is 8.49. The van der Waals surface area contributed by atoms with Crippen LogP contribution in [0.3, 0.4) is 0 Å². The summed E-state index contributed by atoms with van der Waals surface area (Å²) in [6, 6.07) is 3.45. The van der Waals surface area contributed by atoms with Crippen LogP contribution in [0.1, 0.15) is 17.3 Å². The van der Waals surface area contributed by atoms with E-state index in [1.807, 2.05) is 0 Å². The van der Waals surface area contributed by atoms with Crippen molar-refractivity contribution in [2.24, 2.45) is 0 Å². The van der Waals surface area contributed by atoms with Crippen molar-refractivity contribution in [3.8, 4) is 0 Å². The fraction of sp³-hybridized carbons (Fsp3) is 0.200. The highest BCUT2D eigenvalue weighted by Crippen LogP contribution is 2.33. The van der Waals surface area contributed by atoms with Crippen molar-refractivity contribution < 1.29 is 9.53 Å². The Morgan fingerprint density at radius 2 is 2.38 bits per heavy atom. The molecule has 0 radical (unpaired) electrons. The zero-order valence-corrected chi connectivity index (χ0v) is 10.1. The molecule has 0 bridgehead atoms. The largest absolute Gasteiger partial charge is 0.462 e. The molecule has 2 heterocycles. The lowest BCUT2D eigenvalue weighted by Crippen LogP contribution is -2.06. The molecular weight excluding hydrogens is 248 g/mol. The van der Waals surface area contributed by atoms with Crippen LogP contribution in [0, 0.1) is 0 Å². The first-order valence-corrected chi connectivity index (χ1v) is 5.84. The third-order valence-corrected chi connectivity index (χ3v) is 3.19. The first-order valence-electron chi connectivity index (χ1n) is 4.65. The highest BCUT2D eigenvalue weighted by atomic mass is 35.5. The molecule has 0 aliphatic heterocycles. The number of halogens is 1. The molecule has 0 aromatic carbocycles. The molecule has 0 amide bonds. The van der Waals surface area contributed by atoms with Crippen LogP contribution in [0.25, 0.3) is 10.2 Å². The molecule has 2 aromatic rings. The van der Waals surface area contributed by atoms with Crippen LogP contribution in [-0.2, 0) is 4.74 Å². The number of nitrogen functional groups attached to an aromatic ring is 1. The summed E-state index contributed by atoms with van der Waals surface area (Å²) < 4.78 is 5.74. The molecule has 84 valence electrons. The van der Waals surface area contributed by atoms with E-state index < -0.39 is 5.97 Å². The van der Waals surface area contributed by atoms with Crippen LogP contribution in [-0.4, -0.2) is 17.6 Å². The van der Waals surface area contributed by atoms with Crippen molar-refractivity contribution in [2.75, 3.05) is 12.3 Å². The Morgan fingerprint density at radius 1 is 1.62 bits per heavy atom. The van der Waals surface area contributed by atoms with Crippen molar-refractivity contribution >= 4 is 44.1 Å². The summed E-state index contributed by atoms with van der Waals surface area (Å²) in [5, 5.41) is 0.735. The molecule has 16 heavy (non-hydrogen) atoms. The van der Waals surface area contributed by atoms with Gasteiger partial charge in [-0.05, 0) is 19.1 Å². The minimum Gasteiger partial charge on any atom is -0.462 e. The van der Waals surface area contributed by atoms with Crippen LogP contribution in [0.4, 0.5) is 5.00 Å². The maximum Gasteiger partial charge on any atom is 0.343 e. The third-order valence-electron chi connectivity index (χ3n) is 2.01. The highest BCUT2D eigenvalue weighted by molar-refractivity contribution is 7.23. The molecule has 2 aromatic heterocycles. The van der Waals surface area contributed by atoms with Gasteiger partial charge in [-0.3, -0.25) is 0 Å². The second-order valence-corrected chi connectivity index (χ2v) is 4.51. The van der Waals surface area contributed by atoms with Crippen molar-refractivity contribution in [2.45, 2.75) is 6.92 Å². The molecule has 2 rings (SSSR count). The van der Waals surface area contributed by atoms with E-state index in [2.05, 4.69) is 4.98 Å². The molecule has 0 fully saturated rings. The number of hydrogen-bond acceptors (Lipinski definition) is 5. The predicted octanol–water partition coefficient (Wildman–Crippen LogP) is 2.71. The molecule has 0 saturated carbocycles. The summed E-state index contributed by atoms with van der Waals surface area (Å²) in [7, 11) is 0. The summed E-state index contributed by atoms with van der Waals surface area (Å²) in [6.07, 6.45) is 0. The van der Waals surface area contributed by atoms with Gasteiger partial charge >= 0.3 is 5.97 Å². The third kappa shape index (κ3) is 1.83. The van der Waals surface area contributed by atoms with Crippen molar-refractivity contribution in [1.29, 1.82) is 0 Å². The van der Waals surface area contributed by atoms with Crippen LogP contribution < -0.4 is 5.73 Å². The lowest BCUT2D eigenvalue weighted by Gasteiger charge is -2.00. The Labute approximate surface area is 101 Å². The van der Waals surface area contributed by atoms with Crippen LogP contribution in [0.2, 0.25) is 5.15 Å². The predicted molar refractivity (Wildman–Crippen MR) is 65.0 cm³/mol. The smallest absolute Gasteiger partial charge is 0.343 e. The van der Waals surface area contributed by atoms with E-state index in [1.165, 1.54) is 11.3 Å². The molecule has 0 saturated heterocycles. The first-order chi connectivity index (χ1) is 7.63. The first kappa shape index (κ1) is 11.2. The maximum absolute atomic E-state index is 11.7. The standard InChI is InChI=1S/C10H9ClN2O2S/c1-2-15-10(14)7-8-5(16-9(7)12)3-4-6(11)13-8/h3-4H,2,12H2,1H3. The van der Waals surface area contributed by atoms with E-state index in [1.54, 1.807) is 19.1 Å². The molecule has 0 spiro atoms. The number of aromatic nitrogens is 1. The molecule has 0 aliphatic rings. The SMILES string of the molecule is CCOC(=O)c1c(N)sc2ccc(Cl)nc12. The van der Waals surface area contributed by atoms with Crippen molar-refractivity contribution in [3.63, 3.8) is 0 Å². The molecule has 4 nitrogen and oxygen atoms in total. The second kappa shape index (κ2) is 4.27. The number of ether oxygens (including phenoxy) is 1. The Hall–Kier alpha value is -1.33. The molecule has 0 atom stereocenters. The average Bonchev–Trinajstić information content (AvgIpc) is 2.53. The topological polar surface area (TPSA) is 65.2 Å². The number of pyridine rings is 1. The number of hydrogen-bond donors (Lipinski definition) is 1. The van der Waals surface area contributed by atoms with E-state index in [0.717, 1.165) is 4.70 Å². The Bertz CT molecular complexity index is 553. The Balaban J connectivity index is 2.62. The van der Waals surface area contributed by atoms with Gasteiger partial charge in [-0.2, -0.15) is 0 Å². The summed E-state index contributed by atoms with van der Waals surface area (Å²) >= 11 is 7.08. The summed E-state index contributed by atoms with van der Waals surface area (Å²) in [5.74, 6) is -0.457. The number of esters is 1. The van der Waals surface area contributed by atoms with Crippen LogP contribution in [0.5, 0.6) is 0 Å². The Kier molecular flexibility index (Phi) is 2.98. The minimum absolute atomic E-state index is 0.302. The van der Waals surface area contributed by atoms with Crippen LogP contribution in [0.15, 0.2) is 12.1 Å². The monoisotopic (exact) mass is 256 g/mol. The van der Waals surface area contributed by atoms with E-state index in [-0.39, 0.29) is 0 Å². The van der Waals surface area contributed by atoms with E-state index >= 15 is 0 Å². The van der Waals surface area contributed by atoms with Gasteiger partial charge in [0.05, 0.1) is 16.8 Å². The quantitative estimate of drug-likeness (QED) is 0.663. The minimum atomic E-state index is -0.457. The number of thiophene rings is 1. The fourth-order valence-corrected chi connectivity index (χ4v) is 2.42. The van der Waals surface area contributed by atoms with Crippen molar-refractivity contribution in [3.05, 3.63) is 22.8 Å². The van der Waals surface area contributed by atoms with Crippen LogP contribution >= 0.6 is 22.9 Å². The van der Waals surface area contributed by atoms with Crippen molar-refractivity contribution in [1.82, 2.24) is 4.98 Å². The van der Waals surface area contributed by atoms with Gasteiger partial charge in [-0.25, -0.2) is 9.78 Å².